The Balaban J connectivity index is 4.04. The molecule has 0 aliphatic carbocycles. The fourth-order valence-corrected chi connectivity index (χ4v) is 57.7. The van der Waals surface area contributed by atoms with Crippen LogP contribution in [0.5, 0.6) is 0 Å². The highest BCUT2D eigenvalue weighted by molar-refractivity contribution is 7.72. The van der Waals surface area contributed by atoms with Gasteiger partial charge in [-0.15, -0.1) is 0 Å². The van der Waals surface area contributed by atoms with E-state index in [9.17, 15) is 0 Å². The molecule has 25 heavy (non-hydrogen) atoms. The van der Waals surface area contributed by atoms with Crippen molar-refractivity contribution in [3.8, 4) is 0 Å². The van der Waals surface area contributed by atoms with E-state index in [1.165, 1.54) is 0 Å². The number of hydrogen-bond acceptors (Lipinski definition) is 1. The third-order valence-electron chi connectivity index (χ3n) is 5.98. The second-order valence-corrected chi connectivity index (χ2v) is 44.5. The van der Waals surface area contributed by atoms with Crippen LogP contribution in [0.1, 0.15) is 41.5 Å². The van der Waals surface area contributed by atoms with Crippen LogP contribution in [-0.4, -0.2) is 35.8 Å². The third kappa shape index (κ3) is 3.53. The van der Waals surface area contributed by atoms with Gasteiger partial charge in [0.25, 0.3) is 0 Å². The summed E-state index contributed by atoms with van der Waals surface area (Å²) in [7, 11) is -6.22. The first kappa shape index (κ1) is 23.6. The van der Waals surface area contributed by atoms with Gasteiger partial charge in [-0.05, 0) is 36.0 Å². The molecular formula is C20H46OSi4. The van der Waals surface area contributed by atoms with Crippen molar-refractivity contribution in [1.29, 1.82) is 0 Å². The van der Waals surface area contributed by atoms with Crippen LogP contribution in [0.15, 0.2) is 11.3 Å². The average molecular weight is 415 g/mol. The Morgan fingerprint density at radius 3 is 1.32 bits per heavy atom. The average Bonchev–Trinajstić information content (AvgIpc) is 2.14. The Bertz CT molecular complexity index is 531. The van der Waals surface area contributed by atoms with E-state index < -0.39 is 30.6 Å². The Kier molecular flexibility index (Phi) is 5.69. The van der Waals surface area contributed by atoms with E-state index in [4.69, 9.17) is 4.43 Å². The van der Waals surface area contributed by atoms with Gasteiger partial charge in [0.15, 0.2) is 8.32 Å². The van der Waals surface area contributed by atoms with Crippen molar-refractivity contribution in [2.75, 3.05) is 0 Å². The van der Waals surface area contributed by atoms with E-state index in [-0.39, 0.29) is 16.1 Å². The van der Waals surface area contributed by atoms with E-state index in [0.29, 0.717) is 0 Å². The zero-order valence-corrected chi connectivity index (χ0v) is 24.0. The van der Waals surface area contributed by atoms with Gasteiger partial charge in [0.2, 0.25) is 0 Å². The van der Waals surface area contributed by atoms with Crippen molar-refractivity contribution in [3.05, 3.63) is 11.3 Å². The van der Waals surface area contributed by atoms with Crippen molar-refractivity contribution in [1.82, 2.24) is 0 Å². The summed E-state index contributed by atoms with van der Waals surface area (Å²) in [6.45, 7) is 37.6. The molecule has 0 aromatic rings. The maximum absolute atomic E-state index is 7.44. The molecule has 148 valence electrons. The van der Waals surface area contributed by atoms with E-state index >= 15 is 0 Å². The zero-order chi connectivity index (χ0) is 20.5. The summed E-state index contributed by atoms with van der Waals surface area (Å²) in [5.74, 6) is 0. The molecule has 0 aromatic carbocycles. The van der Waals surface area contributed by atoms with Crippen LogP contribution >= 0.6 is 0 Å². The lowest BCUT2D eigenvalue weighted by Crippen LogP contribution is -2.91. The normalized spacial score (nSPS) is 25.5. The highest BCUT2D eigenvalue weighted by Crippen LogP contribution is 2.63. The van der Waals surface area contributed by atoms with Crippen molar-refractivity contribution >= 4 is 30.6 Å². The first-order valence-electron chi connectivity index (χ1n) is 9.99. The third-order valence-corrected chi connectivity index (χ3v) is 45.5. The van der Waals surface area contributed by atoms with E-state index in [1.54, 1.807) is 5.57 Å². The number of hydrogen-bond donors (Lipinski definition) is 0. The molecule has 0 saturated carbocycles. The standard InChI is InChI=1S/C20H46OSi4/c1-18(2,3)17-16-25(23(10,11)12,24(13,14)15)20(17,19(4,5)6)21-22(7,8)9/h16H,1-15H3. The van der Waals surface area contributed by atoms with E-state index in [0.717, 1.165) is 0 Å². The molecule has 0 radical (unpaired) electrons. The highest BCUT2D eigenvalue weighted by atomic mass is 29.6. The molecule has 1 heterocycles. The highest BCUT2D eigenvalue weighted by Gasteiger charge is 2.76. The van der Waals surface area contributed by atoms with Crippen LogP contribution in [-0.2, 0) is 4.43 Å². The van der Waals surface area contributed by atoms with Crippen LogP contribution < -0.4 is 0 Å². The Hall–Kier alpha value is 0.568. The molecule has 1 aliphatic rings. The molecule has 0 N–H and O–H groups in total. The lowest BCUT2D eigenvalue weighted by atomic mass is 9.73. The van der Waals surface area contributed by atoms with Gasteiger partial charge in [0.1, 0.15) is 7.11 Å². The summed E-state index contributed by atoms with van der Waals surface area (Å²) < 4.78 is 7.44. The smallest absolute Gasteiger partial charge is 0.184 e. The molecule has 1 aliphatic heterocycles. The molecule has 0 saturated heterocycles. The van der Waals surface area contributed by atoms with Gasteiger partial charge in [0.05, 0.1) is 5.22 Å². The first-order chi connectivity index (χ1) is 10.5. The predicted molar refractivity (Wildman–Crippen MR) is 127 cm³/mol. The summed E-state index contributed by atoms with van der Waals surface area (Å²) in [6, 6.07) is 0. The maximum Gasteiger partial charge on any atom is 0.184 e. The minimum absolute atomic E-state index is 0.0116. The van der Waals surface area contributed by atoms with Crippen LogP contribution in [0.2, 0.25) is 58.9 Å². The molecule has 1 atom stereocenters. The van der Waals surface area contributed by atoms with Crippen LogP contribution in [0, 0.1) is 10.8 Å². The van der Waals surface area contributed by atoms with E-state index in [1.807, 2.05) is 0 Å². The topological polar surface area (TPSA) is 9.23 Å². The van der Waals surface area contributed by atoms with Gasteiger partial charge in [-0.3, -0.25) is 0 Å². The maximum atomic E-state index is 7.44. The summed E-state index contributed by atoms with van der Waals surface area (Å²) in [5.41, 5.74) is 4.84. The van der Waals surface area contributed by atoms with Gasteiger partial charge >= 0.3 is 0 Å². The van der Waals surface area contributed by atoms with Crippen LogP contribution in [0.3, 0.4) is 0 Å². The Labute approximate surface area is 162 Å². The molecule has 1 rings (SSSR count). The first-order valence-corrected chi connectivity index (χ1v) is 24.5. The van der Waals surface area contributed by atoms with Gasteiger partial charge in [0, 0.05) is 15.2 Å². The number of rotatable bonds is 4. The van der Waals surface area contributed by atoms with Gasteiger partial charge in [-0.2, -0.15) is 0 Å². The minimum Gasteiger partial charge on any atom is -0.411 e. The molecular weight excluding hydrogens is 369 g/mol. The van der Waals surface area contributed by atoms with Crippen molar-refractivity contribution in [2.24, 2.45) is 10.8 Å². The largest absolute Gasteiger partial charge is 0.411 e. The van der Waals surface area contributed by atoms with Crippen molar-refractivity contribution < 1.29 is 4.43 Å². The minimum atomic E-state index is -1.72. The molecule has 0 aromatic heterocycles. The molecule has 0 bridgehead atoms. The zero-order valence-electron chi connectivity index (χ0n) is 20.0. The van der Waals surface area contributed by atoms with Gasteiger partial charge in [-0.1, -0.05) is 86.5 Å². The molecule has 1 nitrogen and oxygen atoms in total. The SMILES string of the molecule is CC(C)(C)C1=C[Si]([Si](C)(C)C)([Si](C)(C)C)C1(O[Si](C)(C)C)C(C)(C)C. The summed E-state index contributed by atoms with van der Waals surface area (Å²) in [5, 5.41) is 0.0116. The summed E-state index contributed by atoms with van der Waals surface area (Å²) in [6.07, 6.45) is 0. The fraction of sp³-hybridized carbons (Fsp3) is 0.900. The molecule has 0 amide bonds. The Morgan fingerprint density at radius 1 is 0.760 bits per heavy atom. The van der Waals surface area contributed by atoms with Crippen molar-refractivity contribution in [2.45, 2.75) is 106 Å². The molecule has 0 fully saturated rings. The quantitative estimate of drug-likeness (QED) is 0.451. The lowest BCUT2D eigenvalue weighted by Gasteiger charge is -2.73. The van der Waals surface area contributed by atoms with Gasteiger partial charge < -0.3 is 4.43 Å². The second-order valence-electron chi connectivity index (χ2n) is 13.3. The Morgan fingerprint density at radius 2 is 1.12 bits per heavy atom. The predicted octanol–water partition coefficient (Wildman–Crippen LogP) is 6.97. The second kappa shape index (κ2) is 6.03. The lowest BCUT2D eigenvalue weighted by molar-refractivity contribution is 0.0391. The van der Waals surface area contributed by atoms with Gasteiger partial charge in [-0.25, -0.2) is 0 Å². The summed E-state index contributed by atoms with van der Waals surface area (Å²) >= 11 is 0. The monoisotopic (exact) mass is 414 g/mol. The molecule has 5 heteroatoms. The molecule has 1 unspecified atom stereocenters. The van der Waals surface area contributed by atoms with Crippen LogP contribution in [0.25, 0.3) is 0 Å². The van der Waals surface area contributed by atoms with E-state index in [2.05, 4.69) is 106 Å². The summed E-state index contributed by atoms with van der Waals surface area (Å²) in [4.78, 5) is 0. The fourth-order valence-electron chi connectivity index (χ4n) is 5.66. The molecule has 0 spiro atoms. The van der Waals surface area contributed by atoms with Crippen molar-refractivity contribution in [3.63, 3.8) is 0 Å². The van der Waals surface area contributed by atoms with Crippen LogP contribution in [0.4, 0.5) is 0 Å².